The van der Waals surface area contributed by atoms with Crippen LogP contribution in [0.5, 0.6) is 0 Å². The Balaban J connectivity index is 4.14. The predicted molar refractivity (Wildman–Crippen MR) is 60.1 cm³/mol. The Morgan fingerprint density at radius 1 is 1.29 bits per heavy atom. The second-order valence-corrected chi connectivity index (χ2v) is 5.79. The van der Waals surface area contributed by atoms with Gasteiger partial charge in [0.2, 0.25) is 0 Å². The molecule has 0 aromatic heterocycles. The first-order valence-corrected chi connectivity index (χ1v) is 7.12. The average molecular weight is 222 g/mol. The Morgan fingerprint density at radius 3 is 2.07 bits per heavy atom. The van der Waals surface area contributed by atoms with Crippen LogP contribution in [0.4, 0.5) is 0 Å². The largest absolute Gasteiger partial charge is 0.329 e. The van der Waals surface area contributed by atoms with Gasteiger partial charge in [0.25, 0.3) is 0 Å². The van der Waals surface area contributed by atoms with Crippen molar-refractivity contribution in [1.82, 2.24) is 4.90 Å². The van der Waals surface area contributed by atoms with Gasteiger partial charge in [0.1, 0.15) is 9.84 Å². The molecule has 0 aliphatic rings. The molecule has 0 aliphatic carbocycles. The maximum atomic E-state index is 11.0. The molecular weight excluding hydrogens is 200 g/mol. The van der Waals surface area contributed by atoms with E-state index in [0.29, 0.717) is 13.0 Å². The summed E-state index contributed by atoms with van der Waals surface area (Å²) in [6.07, 6.45) is 1.90. The van der Waals surface area contributed by atoms with Crippen LogP contribution >= 0.6 is 0 Å². The fraction of sp³-hybridized carbons (Fsp3) is 1.00. The van der Waals surface area contributed by atoms with Gasteiger partial charge in [0.05, 0.1) is 5.75 Å². The van der Waals surface area contributed by atoms with E-state index in [2.05, 4.69) is 18.7 Å². The molecule has 0 saturated heterocycles. The van der Waals surface area contributed by atoms with Gasteiger partial charge >= 0.3 is 0 Å². The Morgan fingerprint density at radius 2 is 1.79 bits per heavy atom. The summed E-state index contributed by atoms with van der Waals surface area (Å²) in [5.41, 5.74) is 5.62. The minimum Gasteiger partial charge on any atom is -0.329 e. The number of nitrogens with zero attached hydrogens (tertiary/aromatic N) is 1. The summed E-state index contributed by atoms with van der Waals surface area (Å²) < 4.78 is 22.0. The Kier molecular flexibility index (Phi) is 6.31. The van der Waals surface area contributed by atoms with Crippen LogP contribution in [-0.4, -0.2) is 51.0 Å². The van der Waals surface area contributed by atoms with Gasteiger partial charge in [-0.1, -0.05) is 13.8 Å². The van der Waals surface area contributed by atoms with Crippen molar-refractivity contribution in [3.8, 4) is 0 Å². The molecule has 0 spiro atoms. The van der Waals surface area contributed by atoms with Gasteiger partial charge in [-0.05, 0) is 19.5 Å². The summed E-state index contributed by atoms with van der Waals surface area (Å²) in [4.78, 5) is 2.20. The van der Waals surface area contributed by atoms with Gasteiger partial charge in [-0.25, -0.2) is 8.42 Å². The first-order valence-electron chi connectivity index (χ1n) is 5.06. The van der Waals surface area contributed by atoms with E-state index < -0.39 is 9.84 Å². The SMILES string of the molecule is CCN(CC)C(CN)CCS(C)(=O)=O. The molecule has 4 nitrogen and oxygen atoms in total. The lowest BCUT2D eigenvalue weighted by atomic mass is 10.2. The summed E-state index contributed by atoms with van der Waals surface area (Å²) in [7, 11) is -2.86. The smallest absolute Gasteiger partial charge is 0.147 e. The van der Waals surface area contributed by atoms with E-state index in [0.717, 1.165) is 13.1 Å². The highest BCUT2D eigenvalue weighted by molar-refractivity contribution is 7.90. The maximum Gasteiger partial charge on any atom is 0.147 e. The fourth-order valence-corrected chi connectivity index (χ4v) is 2.24. The van der Waals surface area contributed by atoms with Gasteiger partial charge in [0, 0.05) is 18.8 Å². The van der Waals surface area contributed by atoms with Crippen molar-refractivity contribution < 1.29 is 8.42 Å². The number of hydrogen-bond acceptors (Lipinski definition) is 4. The Labute approximate surface area is 87.4 Å². The van der Waals surface area contributed by atoms with Gasteiger partial charge in [-0.15, -0.1) is 0 Å². The van der Waals surface area contributed by atoms with Crippen LogP contribution in [-0.2, 0) is 9.84 Å². The summed E-state index contributed by atoms with van der Waals surface area (Å²) in [6.45, 7) is 6.49. The molecular formula is C9H22N2O2S. The monoisotopic (exact) mass is 222 g/mol. The minimum absolute atomic E-state index is 0.194. The third-order valence-electron chi connectivity index (χ3n) is 2.42. The van der Waals surface area contributed by atoms with Crippen molar-refractivity contribution in [1.29, 1.82) is 0 Å². The Hall–Kier alpha value is -0.130. The van der Waals surface area contributed by atoms with Gasteiger partial charge in [-0.2, -0.15) is 0 Å². The number of likely N-dealkylation sites (N-methyl/N-ethyl adjacent to an activating group) is 1. The highest BCUT2D eigenvalue weighted by Crippen LogP contribution is 2.04. The molecule has 1 atom stereocenters. The van der Waals surface area contributed by atoms with Crippen molar-refractivity contribution in [3.63, 3.8) is 0 Å². The van der Waals surface area contributed by atoms with Crippen molar-refractivity contribution >= 4 is 9.84 Å². The molecule has 0 fully saturated rings. The molecule has 0 aromatic rings. The van der Waals surface area contributed by atoms with E-state index in [-0.39, 0.29) is 11.8 Å². The van der Waals surface area contributed by atoms with Gasteiger partial charge in [0.15, 0.2) is 0 Å². The third kappa shape index (κ3) is 5.57. The van der Waals surface area contributed by atoms with Crippen LogP contribution in [0, 0.1) is 0 Å². The lowest BCUT2D eigenvalue weighted by molar-refractivity contribution is 0.217. The summed E-state index contributed by atoms with van der Waals surface area (Å²) in [5, 5.41) is 0. The molecule has 0 aromatic carbocycles. The van der Waals surface area contributed by atoms with E-state index in [4.69, 9.17) is 5.73 Å². The fourth-order valence-electron chi connectivity index (χ4n) is 1.54. The zero-order valence-electron chi connectivity index (χ0n) is 9.36. The predicted octanol–water partition coefficient (Wildman–Crippen LogP) is 0.0902. The van der Waals surface area contributed by atoms with Crippen LogP contribution in [0.2, 0.25) is 0 Å². The standard InChI is InChI=1S/C9H22N2O2S/c1-4-11(5-2)9(8-10)6-7-14(3,12)13/h9H,4-8,10H2,1-3H3. The van der Waals surface area contributed by atoms with E-state index >= 15 is 0 Å². The molecule has 0 bridgehead atoms. The van der Waals surface area contributed by atoms with Crippen LogP contribution in [0.3, 0.4) is 0 Å². The number of rotatable bonds is 7. The first-order chi connectivity index (χ1) is 6.44. The van der Waals surface area contributed by atoms with E-state index in [1.165, 1.54) is 6.26 Å². The summed E-state index contributed by atoms with van der Waals surface area (Å²) in [5.74, 6) is 0.228. The second-order valence-electron chi connectivity index (χ2n) is 3.53. The number of nitrogens with two attached hydrogens (primary N) is 1. The van der Waals surface area contributed by atoms with Crippen molar-refractivity contribution in [3.05, 3.63) is 0 Å². The molecule has 0 radical (unpaired) electrons. The molecule has 0 rings (SSSR count). The second kappa shape index (κ2) is 6.37. The lowest BCUT2D eigenvalue weighted by Crippen LogP contribution is -2.41. The van der Waals surface area contributed by atoms with Crippen molar-refractivity contribution in [2.75, 3.05) is 31.6 Å². The molecule has 0 saturated carbocycles. The molecule has 86 valence electrons. The molecule has 5 heteroatoms. The van der Waals surface area contributed by atoms with Crippen LogP contribution < -0.4 is 5.73 Å². The highest BCUT2D eigenvalue weighted by atomic mass is 32.2. The highest BCUT2D eigenvalue weighted by Gasteiger charge is 2.15. The van der Waals surface area contributed by atoms with Crippen LogP contribution in [0.1, 0.15) is 20.3 Å². The topological polar surface area (TPSA) is 63.4 Å². The van der Waals surface area contributed by atoms with Gasteiger partial charge < -0.3 is 5.73 Å². The molecule has 14 heavy (non-hydrogen) atoms. The van der Waals surface area contributed by atoms with Crippen LogP contribution in [0.25, 0.3) is 0 Å². The lowest BCUT2D eigenvalue weighted by Gasteiger charge is -2.28. The zero-order valence-corrected chi connectivity index (χ0v) is 10.2. The first kappa shape index (κ1) is 13.9. The minimum atomic E-state index is -2.86. The van der Waals surface area contributed by atoms with Crippen molar-refractivity contribution in [2.24, 2.45) is 5.73 Å². The molecule has 0 amide bonds. The number of sulfone groups is 1. The molecule has 1 unspecified atom stereocenters. The van der Waals surface area contributed by atoms with Crippen LogP contribution in [0.15, 0.2) is 0 Å². The summed E-state index contributed by atoms with van der Waals surface area (Å²) >= 11 is 0. The normalized spacial score (nSPS) is 14.6. The average Bonchev–Trinajstić information content (AvgIpc) is 2.10. The quantitative estimate of drug-likeness (QED) is 0.663. The molecule has 0 heterocycles. The van der Waals surface area contributed by atoms with E-state index in [1.807, 2.05) is 0 Å². The molecule has 0 aliphatic heterocycles. The summed E-state index contributed by atoms with van der Waals surface area (Å²) in [6, 6.07) is 0.194. The van der Waals surface area contributed by atoms with E-state index in [1.54, 1.807) is 0 Å². The maximum absolute atomic E-state index is 11.0. The van der Waals surface area contributed by atoms with Gasteiger partial charge in [-0.3, -0.25) is 4.90 Å². The van der Waals surface area contributed by atoms with E-state index in [9.17, 15) is 8.42 Å². The number of hydrogen-bond donors (Lipinski definition) is 1. The zero-order chi connectivity index (χ0) is 11.2. The third-order valence-corrected chi connectivity index (χ3v) is 3.40. The molecule has 2 N–H and O–H groups in total. The van der Waals surface area contributed by atoms with Crippen molar-refractivity contribution in [2.45, 2.75) is 26.3 Å². The Bertz CT molecular complexity index is 235.